The van der Waals surface area contributed by atoms with Gasteiger partial charge in [-0.1, -0.05) is 72.2 Å². The van der Waals surface area contributed by atoms with Gasteiger partial charge in [-0.05, 0) is 140 Å². The topological polar surface area (TPSA) is 172 Å². The third-order valence-electron chi connectivity index (χ3n) is 12.8. The van der Waals surface area contributed by atoms with Crippen molar-refractivity contribution in [1.82, 2.24) is 4.90 Å². The van der Waals surface area contributed by atoms with Crippen molar-refractivity contribution in [3.63, 3.8) is 0 Å². The molecule has 1 aliphatic heterocycles. The van der Waals surface area contributed by atoms with Gasteiger partial charge in [0.2, 0.25) is 0 Å². The molecule has 13 nitrogen and oxygen atoms in total. The molecule has 0 radical (unpaired) electrons. The Bertz CT molecular complexity index is 2400. The molecule has 1 aromatic heterocycles. The minimum atomic E-state index is -0.417. The zero-order chi connectivity index (χ0) is 53.3. The number of ether oxygens (including phenoxy) is 5. The molecule has 0 spiro atoms. The lowest BCUT2D eigenvalue weighted by Gasteiger charge is -2.20. The number of aromatic hydroxyl groups is 1. The number of unbranched alkanes of at least 4 members (excludes halogenated alkanes) is 3. The van der Waals surface area contributed by atoms with Crippen LogP contribution in [0.2, 0.25) is 0 Å². The van der Waals surface area contributed by atoms with E-state index in [-0.39, 0.29) is 59.7 Å². The first kappa shape index (κ1) is 61.5. The first-order valence-corrected chi connectivity index (χ1v) is 25.8. The van der Waals surface area contributed by atoms with Crippen LogP contribution in [0.4, 0.5) is 0 Å². The number of nitrogens with zero attached hydrogens (tertiary/aromatic N) is 1. The van der Waals surface area contributed by atoms with E-state index in [1.165, 1.54) is 10.5 Å². The lowest BCUT2D eigenvalue weighted by atomic mass is 9.91. The van der Waals surface area contributed by atoms with Crippen molar-refractivity contribution < 1.29 is 52.8 Å². The first-order chi connectivity index (χ1) is 33.6. The number of hydrogen-bond donors (Lipinski definition) is 1. The summed E-state index contributed by atoms with van der Waals surface area (Å²) in [5.74, 6) is 0.608. The van der Waals surface area contributed by atoms with Crippen LogP contribution in [0.3, 0.4) is 0 Å². The van der Waals surface area contributed by atoms with Crippen molar-refractivity contribution >= 4 is 61.2 Å². The van der Waals surface area contributed by atoms with E-state index in [1.807, 2.05) is 104 Å². The van der Waals surface area contributed by atoms with Crippen LogP contribution in [0.25, 0.3) is 20.2 Å². The molecule has 2 unspecified atom stereocenters. The normalized spacial score (nSPS) is 13.3. The summed E-state index contributed by atoms with van der Waals surface area (Å²) >= 11 is 1.59. The van der Waals surface area contributed by atoms with Gasteiger partial charge in [0.05, 0.1) is 30.0 Å². The Morgan fingerprint density at radius 3 is 1.76 bits per heavy atom. The van der Waals surface area contributed by atoms with Crippen molar-refractivity contribution in [2.75, 3.05) is 46.7 Å². The highest BCUT2D eigenvalue weighted by atomic mass is 32.1. The Morgan fingerprint density at radius 1 is 0.648 bits per heavy atom. The summed E-state index contributed by atoms with van der Waals surface area (Å²) in [6.45, 7) is 25.2. The van der Waals surface area contributed by atoms with E-state index in [4.69, 9.17) is 28.8 Å². The SMILES string of the molecule is CCC(C)(C)C(=O)OCCCCCCN1C(=O)C(C)=C(C)C1=O.CCC(C)(C)C(=O)OCCOC.CCC(C)C(=O)OCCOc1ccc2sc3ccccc3c(=O)c2c1.CCC(C)c1ccc(O)cc1. The van der Waals surface area contributed by atoms with E-state index in [0.717, 1.165) is 66.2 Å². The summed E-state index contributed by atoms with van der Waals surface area (Å²) in [4.78, 5) is 72.4. The quantitative estimate of drug-likeness (QED) is 0.0260. The molecule has 2 heterocycles. The molecule has 1 N–H and O–H groups in total. The number of carbonyl (C=O) groups excluding carboxylic acids is 5. The standard InChI is InChI=1S/C20H20O4S.C18H29NO4.C10H14O.C9H18O3/c1-3-13(2)20(22)24-11-10-23-14-8-9-18-16(12-14)19(21)15-6-4-5-7-17(15)25-18;1-6-18(4,5)17(22)23-12-10-8-7-9-11-19-15(20)13(2)14(3)16(19)21;1-3-8(2)9-4-6-10(11)7-5-9;1-5-9(2,3)8(10)12-7-6-11-4/h4-9,12-13H,3,10-11H2,1-2H3;6-12H2,1-5H3;4-8,11H,3H2,1-2H3;5-7H2,1-4H3. The number of fused-ring (bicyclic) bond motifs is 2. The fraction of sp³-hybridized carbons (Fsp3) is 0.544. The lowest BCUT2D eigenvalue weighted by Crippen LogP contribution is -2.32. The minimum absolute atomic E-state index is 0.0120. The van der Waals surface area contributed by atoms with Gasteiger partial charge in [-0.2, -0.15) is 0 Å². The van der Waals surface area contributed by atoms with Crippen LogP contribution in [-0.2, 0) is 42.9 Å². The van der Waals surface area contributed by atoms with Crippen LogP contribution in [-0.4, -0.2) is 86.4 Å². The highest BCUT2D eigenvalue weighted by Gasteiger charge is 2.32. The van der Waals surface area contributed by atoms with E-state index < -0.39 is 5.41 Å². The van der Waals surface area contributed by atoms with Crippen molar-refractivity contribution in [2.45, 2.75) is 140 Å². The van der Waals surface area contributed by atoms with Crippen molar-refractivity contribution in [2.24, 2.45) is 16.7 Å². The molecule has 14 heteroatoms. The number of imide groups is 1. The Balaban J connectivity index is 0.000000345. The largest absolute Gasteiger partial charge is 0.508 e. The smallest absolute Gasteiger partial charge is 0.311 e. The third kappa shape index (κ3) is 19.8. The number of benzene rings is 3. The van der Waals surface area contributed by atoms with Crippen molar-refractivity contribution in [1.29, 1.82) is 0 Å². The zero-order valence-electron chi connectivity index (χ0n) is 44.7. The van der Waals surface area contributed by atoms with Crippen LogP contribution in [0.1, 0.15) is 146 Å². The zero-order valence-corrected chi connectivity index (χ0v) is 45.5. The molecule has 4 aromatic rings. The molecule has 0 saturated heterocycles. The summed E-state index contributed by atoms with van der Waals surface area (Å²) < 4.78 is 27.7. The van der Waals surface area contributed by atoms with Gasteiger partial charge in [-0.25, -0.2) is 0 Å². The van der Waals surface area contributed by atoms with E-state index in [0.29, 0.717) is 60.3 Å². The van der Waals surface area contributed by atoms with Gasteiger partial charge in [-0.15, -0.1) is 11.3 Å². The molecule has 0 fully saturated rings. The van der Waals surface area contributed by atoms with Crippen LogP contribution < -0.4 is 10.2 Å². The molecule has 2 atom stereocenters. The predicted octanol–water partition coefficient (Wildman–Crippen LogP) is 12.1. The Labute approximate surface area is 426 Å². The number of methoxy groups -OCH3 is 1. The van der Waals surface area contributed by atoms with Gasteiger partial charge < -0.3 is 28.8 Å². The number of phenols is 1. The molecule has 5 rings (SSSR count). The second-order valence-corrected chi connectivity index (χ2v) is 20.1. The Hall–Kier alpha value is -5.60. The monoisotopic (exact) mass is 1000 g/mol. The van der Waals surface area contributed by atoms with Gasteiger partial charge >= 0.3 is 17.9 Å². The van der Waals surface area contributed by atoms with E-state index in [1.54, 1.807) is 50.5 Å². The fourth-order valence-electron chi connectivity index (χ4n) is 6.33. The number of hydrogen-bond acceptors (Lipinski definition) is 13. The van der Waals surface area contributed by atoms with Gasteiger partial charge in [0, 0.05) is 45.0 Å². The molecule has 71 heavy (non-hydrogen) atoms. The van der Waals surface area contributed by atoms with Gasteiger partial charge in [-0.3, -0.25) is 33.7 Å². The number of carbonyl (C=O) groups is 5. The summed E-state index contributed by atoms with van der Waals surface area (Å²) in [7, 11) is 1.58. The molecule has 392 valence electrons. The van der Waals surface area contributed by atoms with Crippen LogP contribution in [0, 0.1) is 16.7 Å². The third-order valence-corrected chi connectivity index (χ3v) is 14.0. The lowest BCUT2D eigenvalue weighted by molar-refractivity contribution is -0.155. The minimum Gasteiger partial charge on any atom is -0.508 e. The highest BCUT2D eigenvalue weighted by molar-refractivity contribution is 7.24. The van der Waals surface area contributed by atoms with Crippen LogP contribution in [0.5, 0.6) is 11.5 Å². The number of esters is 3. The highest BCUT2D eigenvalue weighted by Crippen LogP contribution is 2.28. The van der Waals surface area contributed by atoms with E-state index in [9.17, 15) is 28.8 Å². The Morgan fingerprint density at radius 2 is 1.20 bits per heavy atom. The first-order valence-electron chi connectivity index (χ1n) is 25.0. The summed E-state index contributed by atoms with van der Waals surface area (Å²) in [5.41, 5.74) is 1.64. The van der Waals surface area contributed by atoms with Crippen LogP contribution in [0.15, 0.2) is 82.7 Å². The van der Waals surface area contributed by atoms with Crippen LogP contribution >= 0.6 is 11.3 Å². The van der Waals surface area contributed by atoms with E-state index in [2.05, 4.69) is 13.8 Å². The summed E-state index contributed by atoms with van der Waals surface area (Å²) in [5, 5.41) is 10.4. The molecule has 1 aliphatic rings. The average molecular weight is 1000 g/mol. The molecule has 0 saturated carbocycles. The maximum Gasteiger partial charge on any atom is 0.311 e. The second kappa shape index (κ2) is 31.0. The Kier molecular flexibility index (Phi) is 26.8. The maximum atomic E-state index is 12.6. The molecule has 0 aliphatic carbocycles. The molecule has 3 aromatic carbocycles. The number of rotatable bonds is 22. The van der Waals surface area contributed by atoms with Crippen molar-refractivity contribution in [3.05, 3.63) is 93.7 Å². The van der Waals surface area contributed by atoms with Gasteiger partial charge in [0.25, 0.3) is 11.8 Å². The predicted molar refractivity (Wildman–Crippen MR) is 284 cm³/mol. The second-order valence-electron chi connectivity index (χ2n) is 19.0. The molecular weight excluding hydrogens is 923 g/mol. The number of amides is 2. The summed E-state index contributed by atoms with van der Waals surface area (Å²) in [6.07, 6.45) is 6.87. The molecule has 2 amide bonds. The maximum absolute atomic E-state index is 12.6. The van der Waals surface area contributed by atoms with Gasteiger partial charge in [0.15, 0.2) is 5.43 Å². The van der Waals surface area contributed by atoms with E-state index >= 15 is 0 Å². The molecule has 0 bridgehead atoms. The summed E-state index contributed by atoms with van der Waals surface area (Å²) in [6, 6.07) is 20.5. The average Bonchev–Trinajstić information content (AvgIpc) is 3.55. The van der Waals surface area contributed by atoms with Crippen molar-refractivity contribution in [3.8, 4) is 11.5 Å². The fourth-order valence-corrected chi connectivity index (χ4v) is 7.38. The molecular formula is C57H81NO12S. The number of phenolic OH excluding ortho intramolecular Hbond substituents is 1. The van der Waals surface area contributed by atoms with Gasteiger partial charge in [0.1, 0.15) is 31.3 Å².